The third kappa shape index (κ3) is 5.12. The number of anilines is 1. The number of imide groups is 1. The number of carbonyl (C=O) groups excluding carboxylic acids is 2. The molecule has 1 fully saturated rings. The summed E-state index contributed by atoms with van der Waals surface area (Å²) in [6.45, 7) is 2.85. The molecule has 0 bridgehead atoms. The van der Waals surface area contributed by atoms with Crippen molar-refractivity contribution in [1.29, 1.82) is 0 Å². The molecule has 0 saturated carbocycles. The van der Waals surface area contributed by atoms with Gasteiger partial charge < -0.3 is 10.6 Å². The van der Waals surface area contributed by atoms with Crippen molar-refractivity contribution >= 4 is 17.6 Å². The monoisotopic (exact) mass is 344 g/mol. The molecule has 1 heterocycles. The van der Waals surface area contributed by atoms with Crippen LogP contribution in [0.25, 0.3) is 0 Å². The topological polar surface area (TPSA) is 78.7 Å². The van der Waals surface area contributed by atoms with E-state index in [0.29, 0.717) is 38.4 Å². The van der Waals surface area contributed by atoms with Gasteiger partial charge in [-0.05, 0) is 18.2 Å². The van der Waals surface area contributed by atoms with E-state index in [4.69, 9.17) is 5.73 Å². The maximum absolute atomic E-state index is 12.8. The summed E-state index contributed by atoms with van der Waals surface area (Å²) >= 11 is 0. The zero-order valence-corrected chi connectivity index (χ0v) is 13.0. The van der Waals surface area contributed by atoms with Gasteiger partial charge in [-0.2, -0.15) is 13.2 Å². The number of rotatable bonds is 4. The van der Waals surface area contributed by atoms with E-state index < -0.39 is 23.7 Å². The summed E-state index contributed by atoms with van der Waals surface area (Å²) in [4.78, 5) is 25.8. The minimum atomic E-state index is -4.36. The van der Waals surface area contributed by atoms with Gasteiger partial charge in [-0.3, -0.25) is 15.0 Å². The van der Waals surface area contributed by atoms with Crippen molar-refractivity contribution in [2.45, 2.75) is 12.6 Å². The highest BCUT2D eigenvalue weighted by atomic mass is 19.4. The fraction of sp³-hybridized carbons (Fsp3) is 0.467. The lowest BCUT2D eigenvalue weighted by molar-refractivity contribution is -0.137. The Bertz CT molecular complexity index is 599. The Morgan fingerprint density at radius 2 is 1.83 bits per heavy atom. The van der Waals surface area contributed by atoms with Crippen molar-refractivity contribution in [3.05, 3.63) is 29.8 Å². The third-order valence-corrected chi connectivity index (χ3v) is 3.83. The average Bonchev–Trinajstić information content (AvgIpc) is 2.52. The van der Waals surface area contributed by atoms with E-state index in [1.807, 2.05) is 15.1 Å². The lowest BCUT2D eigenvalue weighted by Gasteiger charge is -2.36. The maximum atomic E-state index is 12.8. The first-order valence-corrected chi connectivity index (χ1v) is 7.49. The molecule has 2 rings (SSSR count). The van der Waals surface area contributed by atoms with E-state index in [-0.39, 0.29) is 6.42 Å². The summed E-state index contributed by atoms with van der Waals surface area (Å²) in [5.41, 5.74) is 4.73. The fourth-order valence-electron chi connectivity index (χ4n) is 2.57. The Hall–Kier alpha value is -2.29. The molecule has 1 aliphatic rings. The molecule has 3 N–H and O–H groups in total. The molecule has 0 unspecified atom stereocenters. The molecule has 24 heavy (non-hydrogen) atoms. The third-order valence-electron chi connectivity index (χ3n) is 3.83. The smallest absolute Gasteiger partial charge is 0.369 e. The molecule has 132 valence electrons. The van der Waals surface area contributed by atoms with Crippen LogP contribution in [0.3, 0.4) is 0 Å². The van der Waals surface area contributed by atoms with Gasteiger partial charge in [0.2, 0.25) is 5.91 Å². The first kappa shape index (κ1) is 18.1. The lowest BCUT2D eigenvalue weighted by atomic mass is 10.1. The first-order chi connectivity index (χ1) is 11.3. The second-order valence-corrected chi connectivity index (χ2v) is 5.54. The van der Waals surface area contributed by atoms with Crippen LogP contribution in [0.15, 0.2) is 24.3 Å². The molecule has 0 radical (unpaired) electrons. The number of carbonyl (C=O) groups is 2. The fourth-order valence-corrected chi connectivity index (χ4v) is 2.57. The summed E-state index contributed by atoms with van der Waals surface area (Å²) in [6.07, 6.45) is -4.21. The number of urea groups is 1. The van der Waals surface area contributed by atoms with Gasteiger partial charge in [-0.1, -0.05) is 6.07 Å². The molecule has 0 spiro atoms. The van der Waals surface area contributed by atoms with Gasteiger partial charge in [0.1, 0.15) is 0 Å². The van der Waals surface area contributed by atoms with Crippen molar-refractivity contribution in [3.8, 4) is 0 Å². The van der Waals surface area contributed by atoms with Crippen LogP contribution in [0.5, 0.6) is 0 Å². The molecule has 9 heteroatoms. The Morgan fingerprint density at radius 1 is 1.17 bits per heavy atom. The molecule has 1 aromatic carbocycles. The van der Waals surface area contributed by atoms with Gasteiger partial charge in [0.15, 0.2) is 0 Å². The summed E-state index contributed by atoms with van der Waals surface area (Å²) < 4.78 is 38.3. The van der Waals surface area contributed by atoms with Gasteiger partial charge in [-0.15, -0.1) is 0 Å². The number of halogens is 3. The van der Waals surface area contributed by atoms with Crippen LogP contribution >= 0.6 is 0 Å². The SMILES string of the molecule is NC(=O)NC(=O)CCN1CCN(c2cccc(C(F)(F)F)c2)CC1. The molecule has 1 aliphatic heterocycles. The van der Waals surface area contributed by atoms with Crippen LogP contribution in [0.4, 0.5) is 23.7 Å². The summed E-state index contributed by atoms with van der Waals surface area (Å²) in [5.74, 6) is -0.442. The highest BCUT2D eigenvalue weighted by Crippen LogP contribution is 2.31. The standard InChI is InChI=1S/C15H19F3N4O2/c16-15(17,18)11-2-1-3-12(10-11)22-8-6-21(7-9-22)5-4-13(23)20-14(19)24/h1-3,10H,4-9H2,(H3,19,20,23,24). The zero-order valence-electron chi connectivity index (χ0n) is 13.0. The number of hydrogen-bond donors (Lipinski definition) is 2. The number of primary amides is 1. The van der Waals surface area contributed by atoms with E-state index in [0.717, 1.165) is 12.1 Å². The Morgan fingerprint density at radius 3 is 2.42 bits per heavy atom. The second kappa shape index (κ2) is 7.52. The van der Waals surface area contributed by atoms with Crippen LogP contribution in [0, 0.1) is 0 Å². The van der Waals surface area contributed by atoms with Crippen LogP contribution in [-0.4, -0.2) is 49.6 Å². The summed E-state index contributed by atoms with van der Waals surface area (Å²) in [6, 6.07) is 4.38. The van der Waals surface area contributed by atoms with E-state index in [2.05, 4.69) is 0 Å². The van der Waals surface area contributed by atoms with Crippen LogP contribution in [0.2, 0.25) is 0 Å². The lowest BCUT2D eigenvalue weighted by Crippen LogP contribution is -2.47. The number of amides is 3. The number of hydrogen-bond acceptors (Lipinski definition) is 4. The molecular formula is C15H19F3N4O2. The van der Waals surface area contributed by atoms with Gasteiger partial charge >= 0.3 is 12.2 Å². The predicted octanol–water partition coefficient (Wildman–Crippen LogP) is 1.41. The zero-order chi connectivity index (χ0) is 17.7. The van der Waals surface area contributed by atoms with E-state index in [1.165, 1.54) is 6.07 Å². The summed E-state index contributed by atoms with van der Waals surface area (Å²) in [7, 11) is 0. The number of benzene rings is 1. The van der Waals surface area contributed by atoms with Crippen molar-refractivity contribution in [2.75, 3.05) is 37.6 Å². The van der Waals surface area contributed by atoms with Crippen molar-refractivity contribution in [3.63, 3.8) is 0 Å². The number of piperazine rings is 1. The van der Waals surface area contributed by atoms with Crippen LogP contribution < -0.4 is 16.0 Å². The van der Waals surface area contributed by atoms with Gasteiger partial charge in [0, 0.05) is 44.8 Å². The van der Waals surface area contributed by atoms with Crippen molar-refractivity contribution in [1.82, 2.24) is 10.2 Å². The molecule has 1 saturated heterocycles. The van der Waals surface area contributed by atoms with Crippen LogP contribution in [0.1, 0.15) is 12.0 Å². The Labute approximate surface area is 137 Å². The number of nitrogens with two attached hydrogens (primary N) is 1. The average molecular weight is 344 g/mol. The number of nitrogens with one attached hydrogen (secondary N) is 1. The predicted molar refractivity (Wildman–Crippen MR) is 82.4 cm³/mol. The minimum absolute atomic E-state index is 0.145. The van der Waals surface area contributed by atoms with Crippen molar-refractivity contribution < 1.29 is 22.8 Å². The Kier molecular flexibility index (Phi) is 5.66. The van der Waals surface area contributed by atoms with E-state index >= 15 is 0 Å². The van der Waals surface area contributed by atoms with Gasteiger partial charge in [-0.25, -0.2) is 4.79 Å². The molecule has 0 atom stereocenters. The van der Waals surface area contributed by atoms with E-state index in [9.17, 15) is 22.8 Å². The van der Waals surface area contributed by atoms with Gasteiger partial charge in [0.25, 0.3) is 0 Å². The highest BCUT2D eigenvalue weighted by Gasteiger charge is 2.31. The molecule has 3 amide bonds. The first-order valence-electron chi connectivity index (χ1n) is 7.49. The molecule has 0 aliphatic carbocycles. The quantitative estimate of drug-likeness (QED) is 0.866. The molecule has 1 aromatic rings. The number of alkyl halides is 3. The molecular weight excluding hydrogens is 325 g/mol. The van der Waals surface area contributed by atoms with E-state index in [1.54, 1.807) is 6.07 Å². The van der Waals surface area contributed by atoms with Crippen molar-refractivity contribution in [2.24, 2.45) is 5.73 Å². The Balaban J connectivity index is 1.85. The largest absolute Gasteiger partial charge is 0.416 e. The highest BCUT2D eigenvalue weighted by molar-refractivity contribution is 5.93. The summed E-state index contributed by atoms with van der Waals surface area (Å²) in [5, 5.41) is 1.99. The maximum Gasteiger partial charge on any atom is 0.416 e. The molecule has 0 aromatic heterocycles. The molecule has 6 nitrogen and oxygen atoms in total. The normalized spacial score (nSPS) is 16.0. The number of nitrogens with zero attached hydrogens (tertiary/aromatic N) is 2. The second-order valence-electron chi connectivity index (χ2n) is 5.54. The minimum Gasteiger partial charge on any atom is -0.369 e. The van der Waals surface area contributed by atoms with Crippen LogP contribution in [-0.2, 0) is 11.0 Å². The van der Waals surface area contributed by atoms with Gasteiger partial charge in [0.05, 0.1) is 5.56 Å².